The zero-order valence-electron chi connectivity index (χ0n) is 22.0. The summed E-state index contributed by atoms with van der Waals surface area (Å²) in [5.41, 5.74) is 0.515. The first-order valence-corrected chi connectivity index (χ1v) is 14.6. The number of ether oxygens (including phenoxy) is 1. The number of nitrogens with one attached hydrogen (secondary N) is 1. The van der Waals surface area contributed by atoms with Crippen molar-refractivity contribution < 1.29 is 35.1 Å². The summed E-state index contributed by atoms with van der Waals surface area (Å²) in [5.74, 6) is -1.35. The largest absolute Gasteiger partial charge is 0.493 e. The average molecular weight is 583 g/mol. The van der Waals surface area contributed by atoms with E-state index in [9.17, 15) is 30.4 Å². The van der Waals surface area contributed by atoms with E-state index in [4.69, 9.17) is 4.74 Å². The van der Waals surface area contributed by atoms with Crippen LogP contribution in [0, 0.1) is 11.6 Å². The van der Waals surface area contributed by atoms with Crippen LogP contribution in [0.25, 0.3) is 0 Å². The second-order valence-electron chi connectivity index (χ2n) is 9.85. The van der Waals surface area contributed by atoms with Gasteiger partial charge in [0.15, 0.2) is 5.82 Å². The van der Waals surface area contributed by atoms with Gasteiger partial charge in [-0.3, -0.25) is 9.62 Å². The average Bonchev–Trinajstić information content (AvgIpc) is 2.90. The topological polar surface area (TPSA) is 58.6 Å². The summed E-state index contributed by atoms with van der Waals surface area (Å²) in [6.07, 6.45) is -0.0896. The molecule has 1 heterocycles. The first-order valence-electron chi connectivity index (χ1n) is 13.1. The Bertz CT molecular complexity index is 1440. The molecule has 3 aromatic carbocycles. The van der Waals surface area contributed by atoms with Gasteiger partial charge >= 0.3 is 6.18 Å². The van der Waals surface area contributed by atoms with Gasteiger partial charge in [0, 0.05) is 31.3 Å². The molecule has 3 aromatic rings. The Balaban J connectivity index is 1.39. The van der Waals surface area contributed by atoms with Crippen molar-refractivity contribution in [3.8, 4) is 5.75 Å². The van der Waals surface area contributed by atoms with E-state index in [0.29, 0.717) is 37.9 Å². The van der Waals surface area contributed by atoms with Gasteiger partial charge in [0.2, 0.25) is 0 Å². The lowest BCUT2D eigenvalue weighted by Crippen LogP contribution is -2.30. The van der Waals surface area contributed by atoms with E-state index in [0.717, 1.165) is 55.0 Å². The van der Waals surface area contributed by atoms with Crippen LogP contribution in [-0.2, 0) is 35.7 Å². The summed E-state index contributed by atoms with van der Waals surface area (Å²) < 4.78 is 101. The zero-order valence-corrected chi connectivity index (χ0v) is 22.8. The second kappa shape index (κ2) is 12.6. The molecule has 216 valence electrons. The van der Waals surface area contributed by atoms with Gasteiger partial charge in [-0.2, -0.15) is 13.2 Å². The third kappa shape index (κ3) is 7.51. The van der Waals surface area contributed by atoms with Gasteiger partial charge in [-0.15, -0.1) is 0 Å². The highest BCUT2D eigenvalue weighted by Gasteiger charge is 2.31. The van der Waals surface area contributed by atoms with Crippen molar-refractivity contribution in [2.75, 3.05) is 17.9 Å². The number of fused-ring (bicyclic) bond motifs is 1. The molecule has 1 aliphatic heterocycles. The molecule has 0 radical (unpaired) electrons. The molecule has 0 saturated heterocycles. The number of unbranched alkanes of at least 4 members (excludes halogenated alkanes) is 3. The molecule has 0 amide bonds. The Labute approximate surface area is 231 Å². The van der Waals surface area contributed by atoms with Gasteiger partial charge in [0.25, 0.3) is 10.0 Å². The van der Waals surface area contributed by atoms with E-state index >= 15 is 0 Å². The minimum atomic E-state index is -4.62. The van der Waals surface area contributed by atoms with Crippen molar-refractivity contribution in [1.82, 2.24) is 4.90 Å². The molecule has 0 aromatic heterocycles. The number of hydrogen-bond acceptors (Lipinski definition) is 4. The Morgan fingerprint density at radius 1 is 0.925 bits per heavy atom. The van der Waals surface area contributed by atoms with Crippen molar-refractivity contribution in [1.29, 1.82) is 0 Å². The lowest BCUT2D eigenvalue weighted by atomic mass is 9.99. The van der Waals surface area contributed by atoms with Gasteiger partial charge in [-0.05, 0) is 60.4 Å². The molecule has 1 aliphatic rings. The standard InChI is InChI=1S/C29H31F5N2O3S/c1-2-3-4-5-14-39-24-9-11-28(27(31)17-24)35-40(37,38)25-10-7-21-18-36(13-12-20(21)15-25)19-22-6-8-23(16-26(22)30)29(32,33)34/h6-11,15-17,35H,2-5,12-14,18-19H2,1H3. The highest BCUT2D eigenvalue weighted by atomic mass is 32.2. The maximum Gasteiger partial charge on any atom is 0.416 e. The summed E-state index contributed by atoms with van der Waals surface area (Å²) in [4.78, 5) is 1.85. The van der Waals surface area contributed by atoms with E-state index in [1.54, 1.807) is 6.07 Å². The highest BCUT2D eigenvalue weighted by Crippen LogP contribution is 2.31. The normalized spacial score (nSPS) is 14.2. The molecule has 0 aliphatic carbocycles. The molecule has 11 heteroatoms. The zero-order chi connectivity index (χ0) is 28.9. The number of sulfonamides is 1. The monoisotopic (exact) mass is 582 g/mol. The number of alkyl halides is 3. The van der Waals surface area contributed by atoms with Crippen LogP contribution in [-0.4, -0.2) is 26.5 Å². The first kappa shape index (κ1) is 29.8. The van der Waals surface area contributed by atoms with E-state index in [-0.39, 0.29) is 22.7 Å². The molecule has 0 fully saturated rings. The fourth-order valence-electron chi connectivity index (χ4n) is 4.57. The summed E-state index contributed by atoms with van der Waals surface area (Å²) in [7, 11) is -4.08. The second-order valence-corrected chi connectivity index (χ2v) is 11.5. The fraction of sp³-hybridized carbons (Fsp3) is 0.379. The van der Waals surface area contributed by atoms with E-state index in [1.807, 2.05) is 4.90 Å². The third-order valence-electron chi connectivity index (χ3n) is 6.81. The van der Waals surface area contributed by atoms with Crippen molar-refractivity contribution >= 4 is 15.7 Å². The van der Waals surface area contributed by atoms with Crippen LogP contribution in [0.15, 0.2) is 59.5 Å². The summed E-state index contributed by atoms with van der Waals surface area (Å²) in [5, 5.41) is 0. The predicted octanol–water partition coefficient (Wildman–Crippen LogP) is 7.30. The summed E-state index contributed by atoms with van der Waals surface area (Å²) in [6.45, 7) is 3.50. The molecule has 0 saturated carbocycles. The van der Waals surface area contributed by atoms with Crippen molar-refractivity contribution in [2.24, 2.45) is 0 Å². The van der Waals surface area contributed by atoms with Crippen LogP contribution >= 0.6 is 0 Å². The van der Waals surface area contributed by atoms with Crippen molar-refractivity contribution in [3.63, 3.8) is 0 Å². The molecule has 0 atom stereocenters. The van der Waals surface area contributed by atoms with E-state index in [2.05, 4.69) is 11.6 Å². The maximum absolute atomic E-state index is 14.6. The smallest absolute Gasteiger partial charge is 0.416 e. The number of nitrogens with zero attached hydrogens (tertiary/aromatic N) is 1. The Kier molecular flexibility index (Phi) is 9.35. The van der Waals surface area contributed by atoms with Crippen LogP contribution in [0.5, 0.6) is 5.75 Å². The van der Waals surface area contributed by atoms with E-state index < -0.39 is 33.4 Å². The van der Waals surface area contributed by atoms with E-state index in [1.165, 1.54) is 24.3 Å². The van der Waals surface area contributed by atoms with Crippen LogP contribution in [0.1, 0.15) is 54.9 Å². The van der Waals surface area contributed by atoms with Gasteiger partial charge < -0.3 is 4.74 Å². The van der Waals surface area contributed by atoms with Crippen molar-refractivity contribution in [3.05, 3.63) is 88.5 Å². The number of hydrogen-bond donors (Lipinski definition) is 1. The molecule has 4 rings (SSSR count). The summed E-state index contributed by atoms with van der Waals surface area (Å²) in [6, 6.07) is 11.1. The minimum Gasteiger partial charge on any atom is -0.493 e. The molecular formula is C29H31F5N2O3S. The SMILES string of the molecule is CCCCCCOc1ccc(NS(=O)(=O)c2ccc3c(c2)CCN(Cc2ccc(C(F)(F)F)cc2F)C3)c(F)c1. The number of rotatable bonds is 11. The third-order valence-corrected chi connectivity index (χ3v) is 8.17. The predicted molar refractivity (Wildman–Crippen MR) is 143 cm³/mol. The highest BCUT2D eigenvalue weighted by molar-refractivity contribution is 7.92. The van der Waals surface area contributed by atoms with Gasteiger partial charge in [-0.1, -0.05) is 38.3 Å². The van der Waals surface area contributed by atoms with Gasteiger partial charge in [0.05, 0.1) is 22.8 Å². The molecule has 0 unspecified atom stereocenters. The Morgan fingerprint density at radius 2 is 1.73 bits per heavy atom. The summed E-state index contributed by atoms with van der Waals surface area (Å²) >= 11 is 0. The number of halogens is 5. The quantitative estimate of drug-likeness (QED) is 0.190. The van der Waals surface area contributed by atoms with Crippen LogP contribution in [0.2, 0.25) is 0 Å². The van der Waals surface area contributed by atoms with Gasteiger partial charge in [-0.25, -0.2) is 17.2 Å². The fourth-order valence-corrected chi connectivity index (χ4v) is 5.69. The lowest BCUT2D eigenvalue weighted by Gasteiger charge is -2.29. The first-order chi connectivity index (χ1) is 19.0. The molecule has 40 heavy (non-hydrogen) atoms. The molecule has 0 spiro atoms. The molecule has 1 N–H and O–H groups in total. The molecule has 5 nitrogen and oxygen atoms in total. The number of anilines is 1. The van der Waals surface area contributed by atoms with Crippen LogP contribution < -0.4 is 9.46 Å². The Morgan fingerprint density at radius 3 is 2.42 bits per heavy atom. The van der Waals surface area contributed by atoms with Crippen LogP contribution in [0.3, 0.4) is 0 Å². The molecular weight excluding hydrogens is 551 g/mol. The van der Waals surface area contributed by atoms with Crippen LogP contribution in [0.4, 0.5) is 27.6 Å². The lowest BCUT2D eigenvalue weighted by molar-refractivity contribution is -0.137. The maximum atomic E-state index is 14.6. The molecule has 0 bridgehead atoms. The van der Waals surface area contributed by atoms with Gasteiger partial charge in [0.1, 0.15) is 11.6 Å². The van der Waals surface area contributed by atoms with Crippen molar-refractivity contribution in [2.45, 2.75) is 63.2 Å². The minimum absolute atomic E-state index is 0.0239. The number of benzene rings is 3. The Hall–Kier alpha value is -3.18.